The van der Waals surface area contributed by atoms with Gasteiger partial charge in [-0.3, -0.25) is 0 Å². The van der Waals surface area contributed by atoms with Gasteiger partial charge in [0.25, 0.3) is 0 Å². The van der Waals surface area contributed by atoms with E-state index in [9.17, 15) is 15.3 Å². The van der Waals surface area contributed by atoms with Crippen molar-refractivity contribution in [1.82, 2.24) is 0 Å². The quantitative estimate of drug-likeness (QED) is 0.335. The minimum atomic E-state index is -1.55. The lowest BCUT2D eigenvalue weighted by Crippen LogP contribution is -2.57. The fourth-order valence-corrected chi connectivity index (χ4v) is 1.38. The van der Waals surface area contributed by atoms with Crippen molar-refractivity contribution in [2.45, 2.75) is 30.6 Å². The zero-order chi connectivity index (χ0) is 12.1. The maximum atomic E-state index is 9.53. The first kappa shape index (κ1) is 12.5. The molecule has 10 nitrogen and oxygen atoms in total. The van der Waals surface area contributed by atoms with Crippen molar-refractivity contribution >= 4 is 0 Å². The molecule has 0 amide bonds. The average Bonchev–Trinajstić information content (AvgIpc) is 2.27. The molecule has 0 aromatic carbocycles. The highest BCUT2D eigenvalue weighted by atomic mass is 16.6. The zero-order valence-electron chi connectivity index (χ0n) is 8.03. The molecule has 0 bridgehead atoms. The normalized spacial score (nSPS) is 38.3. The van der Waals surface area contributed by atoms with Gasteiger partial charge in [-0.1, -0.05) is 10.2 Å². The molecule has 1 aliphatic heterocycles. The van der Waals surface area contributed by atoms with Crippen LogP contribution >= 0.6 is 0 Å². The number of azide groups is 2. The molecule has 0 spiro atoms. The first-order valence-corrected chi connectivity index (χ1v) is 4.36. The third-order valence-corrected chi connectivity index (χ3v) is 2.20. The van der Waals surface area contributed by atoms with E-state index in [2.05, 4.69) is 20.1 Å². The molecule has 1 rings (SSSR count). The van der Waals surface area contributed by atoms with Crippen LogP contribution in [-0.2, 0) is 4.74 Å². The van der Waals surface area contributed by atoms with E-state index in [1.165, 1.54) is 0 Å². The second-order valence-corrected chi connectivity index (χ2v) is 3.16. The highest BCUT2D eigenvalue weighted by molar-refractivity contribution is 4.93. The van der Waals surface area contributed by atoms with Crippen LogP contribution in [0.2, 0.25) is 0 Å². The summed E-state index contributed by atoms with van der Waals surface area (Å²) in [4.78, 5) is 4.87. The number of rotatable bonds is 3. The summed E-state index contributed by atoms with van der Waals surface area (Å²) in [6, 6.07) is -1.29. The maximum Gasteiger partial charge on any atom is 0.166 e. The van der Waals surface area contributed by atoms with Crippen molar-refractivity contribution in [3.63, 3.8) is 0 Å². The number of aliphatic hydroxyl groups excluding tert-OH is 3. The number of ether oxygens (including phenoxy) is 1. The molecule has 1 aliphatic rings. The van der Waals surface area contributed by atoms with Gasteiger partial charge in [-0.05, 0) is 11.1 Å². The minimum Gasteiger partial charge on any atom is -0.390 e. The van der Waals surface area contributed by atoms with Crippen LogP contribution in [0.15, 0.2) is 10.2 Å². The first-order valence-electron chi connectivity index (χ1n) is 4.36. The molecule has 16 heavy (non-hydrogen) atoms. The molecule has 10 heteroatoms. The van der Waals surface area contributed by atoms with Crippen molar-refractivity contribution in [1.29, 1.82) is 0 Å². The van der Waals surface area contributed by atoms with Gasteiger partial charge >= 0.3 is 0 Å². The van der Waals surface area contributed by atoms with Crippen molar-refractivity contribution < 1.29 is 20.1 Å². The molecular formula is C6H10N6O4. The molecule has 0 unspecified atom stereocenters. The third kappa shape index (κ3) is 2.52. The Morgan fingerprint density at radius 3 is 2.38 bits per heavy atom. The summed E-state index contributed by atoms with van der Waals surface area (Å²) in [7, 11) is 0. The van der Waals surface area contributed by atoms with Crippen LogP contribution in [-0.4, -0.2) is 52.5 Å². The molecule has 0 aliphatic carbocycles. The van der Waals surface area contributed by atoms with E-state index >= 15 is 0 Å². The van der Waals surface area contributed by atoms with Gasteiger partial charge in [0.2, 0.25) is 0 Å². The lowest BCUT2D eigenvalue weighted by Gasteiger charge is -2.38. The SMILES string of the molecule is [N-]=[N+]=NC[C@H]1O[C@H](O)[C@@H](N=[N+]=[N-])[C@@H](O)[C@@H]1O. The van der Waals surface area contributed by atoms with E-state index in [4.69, 9.17) is 15.8 Å². The molecule has 0 aromatic rings. The highest BCUT2D eigenvalue weighted by Gasteiger charge is 2.42. The minimum absolute atomic E-state index is 0.241. The smallest absolute Gasteiger partial charge is 0.166 e. The Balaban J connectivity index is 2.77. The predicted octanol–water partition coefficient (Wildman–Crippen LogP) is -0.585. The standard InChI is InChI=1S/C6H10N6O4/c7-11-9-1-2-4(13)5(14)3(10-12-8)6(15)16-2/h2-6,13-15H,1H2/t2-,3+,4-,5-,6+/m1/s1. The number of aliphatic hydroxyl groups is 3. The van der Waals surface area contributed by atoms with Gasteiger partial charge in [0, 0.05) is 9.82 Å². The van der Waals surface area contributed by atoms with Gasteiger partial charge in [0.1, 0.15) is 12.1 Å². The summed E-state index contributed by atoms with van der Waals surface area (Å²) < 4.78 is 4.85. The van der Waals surface area contributed by atoms with Crippen molar-refractivity contribution in [3.05, 3.63) is 20.9 Å². The van der Waals surface area contributed by atoms with Gasteiger partial charge in [-0.2, -0.15) is 0 Å². The lowest BCUT2D eigenvalue weighted by molar-refractivity contribution is -0.238. The van der Waals surface area contributed by atoms with Gasteiger partial charge in [-0.25, -0.2) is 0 Å². The van der Waals surface area contributed by atoms with Gasteiger partial charge in [-0.15, -0.1) is 0 Å². The van der Waals surface area contributed by atoms with E-state index in [0.29, 0.717) is 0 Å². The van der Waals surface area contributed by atoms with Gasteiger partial charge in [0.05, 0.1) is 18.8 Å². The Morgan fingerprint density at radius 1 is 1.12 bits per heavy atom. The summed E-state index contributed by atoms with van der Waals surface area (Å²) in [6.45, 7) is -0.241. The summed E-state index contributed by atoms with van der Waals surface area (Å²) in [6.07, 6.45) is -5.46. The zero-order valence-corrected chi connectivity index (χ0v) is 8.03. The molecule has 0 aromatic heterocycles. The molecule has 1 fully saturated rings. The lowest BCUT2D eigenvalue weighted by atomic mass is 9.97. The van der Waals surface area contributed by atoms with Crippen molar-refractivity contribution in [2.75, 3.05) is 6.54 Å². The Hall–Kier alpha value is -1.54. The second kappa shape index (κ2) is 5.52. The van der Waals surface area contributed by atoms with Crippen LogP contribution in [0, 0.1) is 0 Å². The third-order valence-electron chi connectivity index (χ3n) is 2.20. The van der Waals surface area contributed by atoms with Crippen LogP contribution in [0.5, 0.6) is 0 Å². The Kier molecular flexibility index (Phi) is 4.32. The Morgan fingerprint density at radius 2 is 1.81 bits per heavy atom. The molecule has 0 radical (unpaired) electrons. The van der Waals surface area contributed by atoms with Crippen molar-refractivity contribution in [3.8, 4) is 0 Å². The molecule has 88 valence electrons. The highest BCUT2D eigenvalue weighted by Crippen LogP contribution is 2.22. The number of hydrogen-bond donors (Lipinski definition) is 3. The van der Waals surface area contributed by atoms with E-state index in [-0.39, 0.29) is 6.54 Å². The van der Waals surface area contributed by atoms with Crippen LogP contribution in [0.4, 0.5) is 0 Å². The number of hydrogen-bond acceptors (Lipinski definition) is 6. The van der Waals surface area contributed by atoms with E-state index in [1.54, 1.807) is 0 Å². The fraction of sp³-hybridized carbons (Fsp3) is 1.00. The summed E-state index contributed by atoms with van der Waals surface area (Å²) in [5.74, 6) is 0. The van der Waals surface area contributed by atoms with Crippen LogP contribution in [0.3, 0.4) is 0 Å². The van der Waals surface area contributed by atoms with E-state index < -0.39 is 30.6 Å². The first-order chi connectivity index (χ1) is 7.61. The summed E-state index contributed by atoms with van der Waals surface area (Å²) in [5, 5.41) is 34.7. The molecular weight excluding hydrogens is 220 g/mol. The summed E-state index contributed by atoms with van der Waals surface area (Å²) >= 11 is 0. The summed E-state index contributed by atoms with van der Waals surface area (Å²) in [5.41, 5.74) is 16.3. The molecule has 1 heterocycles. The Bertz CT molecular complexity index is 336. The number of nitrogens with zero attached hydrogens (tertiary/aromatic N) is 6. The van der Waals surface area contributed by atoms with Gasteiger partial charge < -0.3 is 20.1 Å². The topological polar surface area (TPSA) is 167 Å². The second-order valence-electron chi connectivity index (χ2n) is 3.16. The van der Waals surface area contributed by atoms with Crippen molar-refractivity contribution in [2.24, 2.45) is 10.2 Å². The van der Waals surface area contributed by atoms with E-state index in [1.807, 2.05) is 0 Å². The van der Waals surface area contributed by atoms with Gasteiger partial charge in [0.15, 0.2) is 6.29 Å². The molecule has 3 N–H and O–H groups in total. The monoisotopic (exact) mass is 230 g/mol. The average molecular weight is 230 g/mol. The van der Waals surface area contributed by atoms with Crippen LogP contribution in [0.1, 0.15) is 0 Å². The molecule has 0 saturated carbocycles. The molecule has 5 atom stereocenters. The molecule has 1 saturated heterocycles. The largest absolute Gasteiger partial charge is 0.390 e. The van der Waals surface area contributed by atoms with Crippen LogP contribution in [0.25, 0.3) is 20.9 Å². The Labute approximate surface area is 89.3 Å². The van der Waals surface area contributed by atoms with Crippen LogP contribution < -0.4 is 0 Å². The fourth-order valence-electron chi connectivity index (χ4n) is 1.38. The predicted molar refractivity (Wildman–Crippen MR) is 49.8 cm³/mol. The van der Waals surface area contributed by atoms with E-state index in [0.717, 1.165) is 0 Å². The maximum absolute atomic E-state index is 9.53.